The van der Waals surface area contributed by atoms with Crippen molar-refractivity contribution < 1.29 is 9.47 Å². The first-order chi connectivity index (χ1) is 9.54. The van der Waals surface area contributed by atoms with E-state index >= 15 is 0 Å². The van der Waals surface area contributed by atoms with Crippen molar-refractivity contribution in [2.24, 2.45) is 5.73 Å². The van der Waals surface area contributed by atoms with E-state index < -0.39 is 0 Å². The molecule has 2 rings (SSSR count). The molecule has 0 saturated heterocycles. The van der Waals surface area contributed by atoms with Crippen LogP contribution in [0.3, 0.4) is 0 Å². The molecule has 0 atom stereocenters. The Labute approximate surface area is 120 Å². The summed E-state index contributed by atoms with van der Waals surface area (Å²) < 4.78 is 11.2. The maximum Gasteiger partial charge on any atom is 0.119 e. The van der Waals surface area contributed by atoms with E-state index in [0.29, 0.717) is 19.8 Å². The van der Waals surface area contributed by atoms with Crippen LogP contribution in [0.25, 0.3) is 10.8 Å². The normalized spacial score (nSPS) is 11.8. The molecule has 0 radical (unpaired) electrons. The van der Waals surface area contributed by atoms with E-state index in [9.17, 15) is 0 Å². The maximum absolute atomic E-state index is 5.84. The van der Waals surface area contributed by atoms with Crippen LogP contribution in [0.5, 0.6) is 5.75 Å². The highest BCUT2D eigenvalue weighted by Gasteiger charge is 2.09. The Bertz CT molecular complexity index is 546. The first kappa shape index (κ1) is 14.8. The Hall–Kier alpha value is -1.58. The lowest BCUT2D eigenvalue weighted by molar-refractivity contribution is 0.0871. The molecule has 2 aromatic rings. The first-order valence-electron chi connectivity index (χ1n) is 7.03. The molecule has 0 aliphatic rings. The van der Waals surface area contributed by atoms with Crippen LogP contribution in [0.4, 0.5) is 0 Å². The van der Waals surface area contributed by atoms with Gasteiger partial charge in [-0.15, -0.1) is 0 Å². The summed E-state index contributed by atoms with van der Waals surface area (Å²) in [5.41, 5.74) is 5.57. The Kier molecular flexibility index (Phi) is 4.99. The lowest BCUT2D eigenvalue weighted by Gasteiger charge is -2.18. The summed E-state index contributed by atoms with van der Waals surface area (Å²) in [6.45, 7) is 5.82. The van der Waals surface area contributed by atoms with Gasteiger partial charge in [0.25, 0.3) is 0 Å². The molecule has 0 amide bonds. The Balaban J connectivity index is 1.73. The number of hydrogen-bond donors (Lipinski definition) is 1. The summed E-state index contributed by atoms with van der Waals surface area (Å²) >= 11 is 0. The third kappa shape index (κ3) is 4.83. The largest absolute Gasteiger partial charge is 0.493 e. The summed E-state index contributed by atoms with van der Waals surface area (Å²) in [5, 5.41) is 2.43. The standard InChI is InChI=1S/C17H23NO2/c1-17(2,18)13-19-10-5-11-20-16-9-8-14-6-3-4-7-15(14)12-16/h3-4,6-9,12H,5,10-11,13,18H2,1-2H3. The quantitative estimate of drug-likeness (QED) is 0.787. The van der Waals surface area contributed by atoms with Crippen LogP contribution in [0.15, 0.2) is 42.5 Å². The number of benzene rings is 2. The molecular weight excluding hydrogens is 250 g/mol. The summed E-state index contributed by atoms with van der Waals surface area (Å²) in [5.74, 6) is 0.905. The molecule has 0 saturated carbocycles. The van der Waals surface area contributed by atoms with Gasteiger partial charge in [0.05, 0.1) is 13.2 Å². The number of fused-ring (bicyclic) bond motifs is 1. The fourth-order valence-corrected chi connectivity index (χ4v) is 1.94. The highest BCUT2D eigenvalue weighted by Crippen LogP contribution is 2.20. The van der Waals surface area contributed by atoms with E-state index in [0.717, 1.165) is 12.2 Å². The van der Waals surface area contributed by atoms with Crippen LogP contribution in [0.2, 0.25) is 0 Å². The second-order valence-electron chi connectivity index (χ2n) is 5.75. The average molecular weight is 273 g/mol. The third-order valence-electron chi connectivity index (χ3n) is 2.90. The first-order valence-corrected chi connectivity index (χ1v) is 7.03. The van der Waals surface area contributed by atoms with Crippen LogP contribution >= 0.6 is 0 Å². The van der Waals surface area contributed by atoms with Gasteiger partial charge in [0.1, 0.15) is 5.75 Å². The van der Waals surface area contributed by atoms with Gasteiger partial charge in [-0.2, -0.15) is 0 Å². The SMILES string of the molecule is CC(C)(N)COCCCOc1ccc2ccccc2c1. The molecule has 20 heavy (non-hydrogen) atoms. The van der Waals surface area contributed by atoms with Gasteiger partial charge in [0, 0.05) is 18.6 Å². The molecule has 0 bridgehead atoms. The van der Waals surface area contributed by atoms with Crippen molar-refractivity contribution >= 4 is 10.8 Å². The van der Waals surface area contributed by atoms with Crippen LogP contribution in [0.1, 0.15) is 20.3 Å². The van der Waals surface area contributed by atoms with Crippen LogP contribution in [-0.2, 0) is 4.74 Å². The van der Waals surface area contributed by atoms with Gasteiger partial charge in [-0.25, -0.2) is 0 Å². The van der Waals surface area contributed by atoms with Crippen LogP contribution in [-0.4, -0.2) is 25.4 Å². The zero-order chi connectivity index (χ0) is 14.4. The summed E-state index contributed by atoms with van der Waals surface area (Å²) in [4.78, 5) is 0. The van der Waals surface area contributed by atoms with Crippen LogP contribution in [0, 0.1) is 0 Å². The predicted octanol–water partition coefficient (Wildman–Crippen LogP) is 3.36. The van der Waals surface area contributed by atoms with Gasteiger partial charge >= 0.3 is 0 Å². The number of rotatable bonds is 7. The Morgan fingerprint density at radius 1 is 1.00 bits per heavy atom. The van der Waals surface area contributed by atoms with E-state index in [2.05, 4.69) is 24.3 Å². The Morgan fingerprint density at radius 3 is 2.50 bits per heavy atom. The molecule has 3 nitrogen and oxygen atoms in total. The van der Waals surface area contributed by atoms with Gasteiger partial charge in [-0.3, -0.25) is 0 Å². The topological polar surface area (TPSA) is 44.5 Å². The van der Waals surface area contributed by atoms with E-state index in [-0.39, 0.29) is 5.54 Å². The molecule has 2 aromatic carbocycles. The van der Waals surface area contributed by atoms with E-state index in [4.69, 9.17) is 15.2 Å². The maximum atomic E-state index is 5.84. The zero-order valence-corrected chi connectivity index (χ0v) is 12.3. The molecular formula is C17H23NO2. The minimum Gasteiger partial charge on any atom is -0.493 e. The summed E-state index contributed by atoms with van der Waals surface area (Å²) in [6, 6.07) is 14.4. The fraction of sp³-hybridized carbons (Fsp3) is 0.412. The van der Waals surface area contributed by atoms with Crippen molar-refractivity contribution in [1.82, 2.24) is 0 Å². The van der Waals surface area contributed by atoms with Crippen molar-refractivity contribution in [2.75, 3.05) is 19.8 Å². The summed E-state index contributed by atoms with van der Waals surface area (Å²) in [7, 11) is 0. The van der Waals surface area contributed by atoms with Gasteiger partial charge in [-0.05, 0) is 36.8 Å². The Morgan fingerprint density at radius 2 is 1.75 bits per heavy atom. The van der Waals surface area contributed by atoms with Gasteiger partial charge in [0.15, 0.2) is 0 Å². The molecule has 0 spiro atoms. The lowest BCUT2D eigenvalue weighted by Crippen LogP contribution is -2.37. The molecule has 0 aromatic heterocycles. The van der Waals surface area contributed by atoms with Crippen molar-refractivity contribution in [3.63, 3.8) is 0 Å². The van der Waals surface area contributed by atoms with Gasteiger partial charge < -0.3 is 15.2 Å². The van der Waals surface area contributed by atoms with E-state index in [1.807, 2.05) is 32.0 Å². The molecule has 0 unspecified atom stereocenters. The van der Waals surface area contributed by atoms with E-state index in [1.54, 1.807) is 0 Å². The van der Waals surface area contributed by atoms with Crippen molar-refractivity contribution in [1.29, 1.82) is 0 Å². The van der Waals surface area contributed by atoms with Gasteiger partial charge in [0.2, 0.25) is 0 Å². The monoisotopic (exact) mass is 273 g/mol. The van der Waals surface area contributed by atoms with Crippen molar-refractivity contribution in [3.8, 4) is 5.75 Å². The van der Waals surface area contributed by atoms with E-state index in [1.165, 1.54) is 10.8 Å². The third-order valence-corrected chi connectivity index (χ3v) is 2.90. The number of hydrogen-bond acceptors (Lipinski definition) is 3. The highest BCUT2D eigenvalue weighted by molar-refractivity contribution is 5.83. The molecule has 108 valence electrons. The highest BCUT2D eigenvalue weighted by atomic mass is 16.5. The zero-order valence-electron chi connectivity index (χ0n) is 12.3. The molecule has 0 aliphatic carbocycles. The number of nitrogens with two attached hydrogens (primary N) is 1. The lowest BCUT2D eigenvalue weighted by atomic mass is 10.1. The van der Waals surface area contributed by atoms with Gasteiger partial charge in [-0.1, -0.05) is 30.3 Å². The second-order valence-corrected chi connectivity index (χ2v) is 5.75. The predicted molar refractivity (Wildman–Crippen MR) is 83.1 cm³/mol. The smallest absolute Gasteiger partial charge is 0.119 e. The summed E-state index contributed by atoms with van der Waals surface area (Å²) in [6.07, 6.45) is 0.864. The molecule has 2 N–H and O–H groups in total. The second kappa shape index (κ2) is 6.73. The van der Waals surface area contributed by atoms with Crippen molar-refractivity contribution in [2.45, 2.75) is 25.8 Å². The molecule has 0 fully saturated rings. The fourth-order valence-electron chi connectivity index (χ4n) is 1.94. The van der Waals surface area contributed by atoms with Crippen LogP contribution < -0.4 is 10.5 Å². The molecule has 0 aliphatic heterocycles. The minimum atomic E-state index is -0.265. The number of ether oxygens (including phenoxy) is 2. The molecule has 3 heteroatoms. The van der Waals surface area contributed by atoms with Crippen molar-refractivity contribution in [3.05, 3.63) is 42.5 Å². The minimum absolute atomic E-state index is 0.265. The molecule has 0 heterocycles. The average Bonchev–Trinajstić information content (AvgIpc) is 2.41.